The highest BCUT2D eigenvalue weighted by molar-refractivity contribution is 5.44. The Kier molecular flexibility index (Phi) is 5.17. The van der Waals surface area contributed by atoms with Crippen LogP contribution in [0.5, 0.6) is 11.5 Å². The predicted molar refractivity (Wildman–Crippen MR) is 84.0 cm³/mol. The second kappa shape index (κ2) is 7.09. The SMILES string of the molecule is CCNC(c1cc(OC)cc(OC)c1)c1cnccc1C. The summed E-state index contributed by atoms with van der Waals surface area (Å²) < 4.78 is 10.7. The van der Waals surface area contributed by atoms with E-state index in [9.17, 15) is 0 Å². The largest absolute Gasteiger partial charge is 0.497 e. The molecular formula is C17H22N2O2. The maximum atomic E-state index is 5.37. The monoisotopic (exact) mass is 286 g/mol. The molecule has 2 rings (SSSR count). The highest BCUT2D eigenvalue weighted by Gasteiger charge is 2.17. The van der Waals surface area contributed by atoms with E-state index in [-0.39, 0.29) is 6.04 Å². The van der Waals surface area contributed by atoms with Crippen molar-refractivity contribution in [1.29, 1.82) is 0 Å². The second-order valence-electron chi connectivity index (χ2n) is 4.87. The average molecular weight is 286 g/mol. The van der Waals surface area contributed by atoms with Crippen molar-refractivity contribution in [2.75, 3.05) is 20.8 Å². The summed E-state index contributed by atoms with van der Waals surface area (Å²) in [6, 6.07) is 8.03. The molecule has 1 atom stereocenters. The molecule has 0 saturated carbocycles. The van der Waals surface area contributed by atoms with Crippen molar-refractivity contribution in [2.45, 2.75) is 19.9 Å². The van der Waals surface area contributed by atoms with Crippen LogP contribution in [-0.4, -0.2) is 25.7 Å². The molecule has 4 nitrogen and oxygen atoms in total. The topological polar surface area (TPSA) is 43.4 Å². The van der Waals surface area contributed by atoms with E-state index in [2.05, 4.69) is 24.1 Å². The van der Waals surface area contributed by atoms with Gasteiger partial charge in [0.2, 0.25) is 0 Å². The minimum atomic E-state index is 0.0627. The first-order valence-electron chi connectivity index (χ1n) is 7.06. The van der Waals surface area contributed by atoms with Gasteiger partial charge >= 0.3 is 0 Å². The number of pyridine rings is 1. The number of methoxy groups -OCH3 is 2. The zero-order valence-corrected chi connectivity index (χ0v) is 13.0. The van der Waals surface area contributed by atoms with Crippen molar-refractivity contribution in [1.82, 2.24) is 10.3 Å². The molecule has 0 radical (unpaired) electrons. The number of hydrogen-bond donors (Lipinski definition) is 1. The molecule has 112 valence electrons. The van der Waals surface area contributed by atoms with Gasteiger partial charge in [0.1, 0.15) is 11.5 Å². The fourth-order valence-electron chi connectivity index (χ4n) is 2.39. The lowest BCUT2D eigenvalue weighted by Gasteiger charge is -2.21. The van der Waals surface area contributed by atoms with E-state index in [1.165, 1.54) is 5.56 Å². The van der Waals surface area contributed by atoms with Crippen molar-refractivity contribution >= 4 is 0 Å². The van der Waals surface area contributed by atoms with Gasteiger partial charge in [0.15, 0.2) is 0 Å². The number of hydrogen-bond acceptors (Lipinski definition) is 4. The summed E-state index contributed by atoms with van der Waals surface area (Å²) in [4.78, 5) is 4.26. The average Bonchev–Trinajstić information content (AvgIpc) is 2.53. The van der Waals surface area contributed by atoms with E-state index < -0.39 is 0 Å². The Hall–Kier alpha value is -2.07. The predicted octanol–water partition coefficient (Wildman–Crippen LogP) is 3.11. The first-order valence-corrected chi connectivity index (χ1v) is 7.06. The molecule has 1 aromatic carbocycles. The Balaban J connectivity index is 2.50. The molecule has 1 aromatic heterocycles. The Labute approximate surface area is 126 Å². The maximum Gasteiger partial charge on any atom is 0.122 e. The van der Waals surface area contributed by atoms with Crippen molar-refractivity contribution < 1.29 is 9.47 Å². The number of nitrogens with zero attached hydrogens (tertiary/aromatic N) is 1. The van der Waals surface area contributed by atoms with Crippen LogP contribution < -0.4 is 14.8 Å². The molecule has 1 heterocycles. The van der Waals surface area contributed by atoms with Crippen molar-refractivity contribution in [3.8, 4) is 11.5 Å². The van der Waals surface area contributed by atoms with Crippen molar-refractivity contribution in [3.05, 3.63) is 53.3 Å². The summed E-state index contributed by atoms with van der Waals surface area (Å²) in [7, 11) is 3.33. The minimum absolute atomic E-state index is 0.0627. The van der Waals surface area contributed by atoms with Gasteiger partial charge in [0.05, 0.1) is 20.3 Å². The van der Waals surface area contributed by atoms with Crippen LogP contribution in [0.1, 0.15) is 29.7 Å². The Morgan fingerprint density at radius 2 is 1.81 bits per heavy atom. The first-order chi connectivity index (χ1) is 10.2. The summed E-state index contributed by atoms with van der Waals surface area (Å²) in [5, 5.41) is 3.51. The Morgan fingerprint density at radius 1 is 1.14 bits per heavy atom. The van der Waals surface area contributed by atoms with Crippen LogP contribution >= 0.6 is 0 Å². The summed E-state index contributed by atoms with van der Waals surface area (Å²) >= 11 is 0. The quantitative estimate of drug-likeness (QED) is 0.886. The highest BCUT2D eigenvalue weighted by Crippen LogP contribution is 2.30. The van der Waals surface area contributed by atoms with Crippen LogP contribution in [-0.2, 0) is 0 Å². The lowest BCUT2D eigenvalue weighted by molar-refractivity contribution is 0.392. The third-order valence-corrected chi connectivity index (χ3v) is 3.51. The molecule has 0 aliphatic heterocycles. The molecule has 0 fully saturated rings. The van der Waals surface area contributed by atoms with E-state index in [1.807, 2.05) is 36.7 Å². The third kappa shape index (κ3) is 3.52. The van der Waals surface area contributed by atoms with Gasteiger partial charge in [-0.15, -0.1) is 0 Å². The number of nitrogens with one attached hydrogen (secondary N) is 1. The summed E-state index contributed by atoms with van der Waals surface area (Å²) in [5.74, 6) is 1.57. The zero-order valence-electron chi connectivity index (χ0n) is 13.0. The van der Waals surface area contributed by atoms with Crippen molar-refractivity contribution in [2.24, 2.45) is 0 Å². The van der Waals surface area contributed by atoms with Gasteiger partial charge in [-0.3, -0.25) is 4.98 Å². The summed E-state index contributed by atoms with van der Waals surface area (Å²) in [5.41, 5.74) is 3.47. The fraction of sp³-hybridized carbons (Fsp3) is 0.353. The number of aromatic nitrogens is 1. The standard InChI is InChI=1S/C17H22N2O2/c1-5-19-17(16-11-18-7-6-12(16)2)13-8-14(20-3)10-15(9-13)21-4/h6-11,17,19H,5H2,1-4H3. The molecule has 0 spiro atoms. The molecule has 21 heavy (non-hydrogen) atoms. The van der Waals surface area contributed by atoms with Gasteiger partial charge in [-0.25, -0.2) is 0 Å². The molecule has 1 N–H and O–H groups in total. The maximum absolute atomic E-state index is 5.37. The number of ether oxygens (including phenoxy) is 2. The molecule has 0 aliphatic rings. The number of rotatable bonds is 6. The molecule has 4 heteroatoms. The summed E-state index contributed by atoms with van der Waals surface area (Å²) in [6.07, 6.45) is 3.72. The number of aryl methyl sites for hydroxylation is 1. The molecule has 0 bridgehead atoms. The molecule has 1 unspecified atom stereocenters. The van der Waals surface area contributed by atoms with Crippen LogP contribution in [0.15, 0.2) is 36.7 Å². The molecule has 0 amide bonds. The Bertz CT molecular complexity index is 577. The molecule has 0 aliphatic carbocycles. The normalized spacial score (nSPS) is 12.0. The van der Waals surface area contributed by atoms with E-state index in [0.29, 0.717) is 0 Å². The van der Waals surface area contributed by atoms with E-state index in [1.54, 1.807) is 14.2 Å². The van der Waals surface area contributed by atoms with Gasteiger partial charge in [0, 0.05) is 18.5 Å². The van der Waals surface area contributed by atoms with Gasteiger partial charge in [-0.05, 0) is 48.4 Å². The van der Waals surface area contributed by atoms with E-state index in [0.717, 1.165) is 29.2 Å². The molecule has 2 aromatic rings. The smallest absolute Gasteiger partial charge is 0.122 e. The fourth-order valence-corrected chi connectivity index (χ4v) is 2.39. The van der Waals surface area contributed by atoms with E-state index >= 15 is 0 Å². The van der Waals surface area contributed by atoms with Crippen molar-refractivity contribution in [3.63, 3.8) is 0 Å². The van der Waals surface area contributed by atoms with Gasteiger partial charge < -0.3 is 14.8 Å². The van der Waals surface area contributed by atoms with Crippen LogP contribution in [0.25, 0.3) is 0 Å². The van der Waals surface area contributed by atoms with Gasteiger partial charge in [-0.2, -0.15) is 0 Å². The number of benzene rings is 1. The minimum Gasteiger partial charge on any atom is -0.497 e. The highest BCUT2D eigenvalue weighted by atomic mass is 16.5. The first kappa shape index (κ1) is 15.3. The third-order valence-electron chi connectivity index (χ3n) is 3.51. The van der Waals surface area contributed by atoms with E-state index in [4.69, 9.17) is 9.47 Å². The summed E-state index contributed by atoms with van der Waals surface area (Å²) in [6.45, 7) is 5.05. The zero-order chi connectivity index (χ0) is 15.2. The van der Waals surface area contributed by atoms with Crippen LogP contribution in [0.3, 0.4) is 0 Å². The van der Waals surface area contributed by atoms with Gasteiger partial charge in [0.25, 0.3) is 0 Å². The molecule has 0 saturated heterocycles. The lowest BCUT2D eigenvalue weighted by atomic mass is 9.96. The van der Waals surface area contributed by atoms with Gasteiger partial charge in [-0.1, -0.05) is 6.92 Å². The second-order valence-corrected chi connectivity index (χ2v) is 4.87. The lowest BCUT2D eigenvalue weighted by Crippen LogP contribution is -2.23. The molecular weight excluding hydrogens is 264 g/mol. The Morgan fingerprint density at radius 3 is 2.33 bits per heavy atom. The van der Waals surface area contributed by atoms with Crippen LogP contribution in [0.2, 0.25) is 0 Å². The van der Waals surface area contributed by atoms with Crippen LogP contribution in [0, 0.1) is 6.92 Å². The van der Waals surface area contributed by atoms with Crippen LogP contribution in [0.4, 0.5) is 0 Å².